The van der Waals surface area contributed by atoms with Crippen molar-refractivity contribution >= 4 is 5.96 Å². The van der Waals surface area contributed by atoms with Crippen molar-refractivity contribution in [3.05, 3.63) is 48.0 Å². The van der Waals surface area contributed by atoms with Gasteiger partial charge in [-0.05, 0) is 18.9 Å². The smallest absolute Gasteiger partial charge is 0.194 e. The number of guanidine groups is 1. The van der Waals surface area contributed by atoms with E-state index in [1.807, 2.05) is 7.05 Å². The number of benzene rings is 1. The highest BCUT2D eigenvalue weighted by Gasteiger charge is 2.25. The topological polar surface area (TPSA) is 58.3 Å². The minimum absolute atomic E-state index is 0.547. The Morgan fingerprint density at radius 2 is 2.17 bits per heavy atom. The molecule has 1 unspecified atom stereocenters. The lowest BCUT2D eigenvalue weighted by Crippen LogP contribution is -2.40. The third kappa shape index (κ3) is 3.70. The largest absolute Gasteiger partial charge is 0.357 e. The van der Waals surface area contributed by atoms with Crippen LogP contribution >= 0.6 is 0 Å². The number of aliphatic imine (C=N–C) groups is 1. The Morgan fingerprint density at radius 1 is 1.35 bits per heavy atom. The van der Waals surface area contributed by atoms with Crippen LogP contribution in [0.2, 0.25) is 0 Å². The van der Waals surface area contributed by atoms with E-state index in [-0.39, 0.29) is 0 Å². The van der Waals surface area contributed by atoms with Crippen LogP contribution in [0.15, 0.2) is 41.7 Å². The van der Waals surface area contributed by atoms with Gasteiger partial charge in [0.1, 0.15) is 18.7 Å². The highest BCUT2D eigenvalue weighted by molar-refractivity contribution is 5.80. The number of nitrogens with one attached hydrogen (secondary N) is 1. The first-order chi connectivity index (χ1) is 11.3. The third-order valence-corrected chi connectivity index (χ3v) is 4.27. The summed E-state index contributed by atoms with van der Waals surface area (Å²) >= 11 is 0. The first-order valence-electron chi connectivity index (χ1n) is 8.19. The molecule has 0 bridgehead atoms. The molecule has 1 saturated heterocycles. The number of aryl methyl sites for hydroxylation is 1. The van der Waals surface area contributed by atoms with E-state index in [9.17, 15) is 0 Å². The Bertz CT molecular complexity index is 648. The highest BCUT2D eigenvalue weighted by Crippen LogP contribution is 2.26. The molecule has 1 aromatic carbocycles. The third-order valence-electron chi connectivity index (χ3n) is 4.27. The zero-order valence-corrected chi connectivity index (χ0v) is 13.8. The van der Waals surface area contributed by atoms with E-state index in [1.54, 1.807) is 11.0 Å². The van der Waals surface area contributed by atoms with E-state index in [2.05, 4.69) is 57.6 Å². The van der Waals surface area contributed by atoms with Gasteiger partial charge in [0.15, 0.2) is 5.96 Å². The molecule has 2 heterocycles. The van der Waals surface area contributed by atoms with Crippen molar-refractivity contribution in [1.82, 2.24) is 25.0 Å². The molecule has 0 spiro atoms. The van der Waals surface area contributed by atoms with E-state index < -0.39 is 0 Å². The predicted octanol–water partition coefficient (Wildman–Crippen LogP) is 1.77. The van der Waals surface area contributed by atoms with Crippen LogP contribution in [0.1, 0.15) is 30.7 Å². The van der Waals surface area contributed by atoms with Crippen LogP contribution in [-0.4, -0.2) is 45.3 Å². The van der Waals surface area contributed by atoms with Gasteiger partial charge in [-0.25, -0.2) is 9.98 Å². The van der Waals surface area contributed by atoms with Gasteiger partial charge in [-0.15, -0.1) is 0 Å². The van der Waals surface area contributed by atoms with Crippen LogP contribution in [0.5, 0.6) is 0 Å². The molecule has 1 atom stereocenters. The number of hydrogen-bond donors (Lipinski definition) is 1. The maximum atomic E-state index is 4.74. The van der Waals surface area contributed by atoms with E-state index in [0.29, 0.717) is 12.5 Å². The molecule has 1 fully saturated rings. The lowest BCUT2D eigenvalue weighted by molar-refractivity contribution is 0.485. The Kier molecular flexibility index (Phi) is 4.90. The van der Waals surface area contributed by atoms with E-state index in [1.165, 1.54) is 12.0 Å². The lowest BCUT2D eigenvalue weighted by atomic mass is 9.99. The molecule has 6 nitrogen and oxygen atoms in total. The van der Waals surface area contributed by atoms with Gasteiger partial charge < -0.3 is 10.2 Å². The van der Waals surface area contributed by atoms with E-state index in [0.717, 1.165) is 31.4 Å². The first-order valence-corrected chi connectivity index (χ1v) is 8.19. The van der Waals surface area contributed by atoms with Gasteiger partial charge in [0.05, 0.1) is 0 Å². The van der Waals surface area contributed by atoms with Crippen LogP contribution in [0, 0.1) is 0 Å². The second-order valence-electron chi connectivity index (χ2n) is 5.81. The summed E-state index contributed by atoms with van der Waals surface area (Å²) in [5, 5.41) is 7.49. The van der Waals surface area contributed by atoms with Gasteiger partial charge in [0.25, 0.3) is 0 Å². The first kappa shape index (κ1) is 15.5. The van der Waals surface area contributed by atoms with Crippen LogP contribution < -0.4 is 5.32 Å². The van der Waals surface area contributed by atoms with Crippen molar-refractivity contribution in [2.75, 3.05) is 19.6 Å². The Hall–Kier alpha value is -2.37. The van der Waals surface area contributed by atoms with Gasteiger partial charge in [0.2, 0.25) is 0 Å². The van der Waals surface area contributed by atoms with Crippen molar-refractivity contribution in [3.63, 3.8) is 0 Å². The van der Waals surface area contributed by atoms with Gasteiger partial charge in [0, 0.05) is 32.6 Å². The molecule has 2 aromatic rings. The molecule has 3 rings (SSSR count). The number of hydrogen-bond acceptors (Lipinski definition) is 3. The molecule has 0 saturated carbocycles. The quantitative estimate of drug-likeness (QED) is 0.690. The molecule has 0 radical (unpaired) electrons. The summed E-state index contributed by atoms with van der Waals surface area (Å²) in [7, 11) is 1.89. The maximum absolute atomic E-state index is 4.74. The molecule has 0 aliphatic carbocycles. The summed E-state index contributed by atoms with van der Waals surface area (Å²) in [5.41, 5.74) is 1.42. The summed E-state index contributed by atoms with van der Waals surface area (Å²) in [5.74, 6) is 2.42. The second-order valence-corrected chi connectivity index (χ2v) is 5.81. The minimum atomic E-state index is 0.547. The van der Waals surface area contributed by atoms with Gasteiger partial charge in [-0.2, -0.15) is 5.10 Å². The fraction of sp³-hybridized carbons (Fsp3) is 0.471. The Balaban J connectivity index is 1.68. The fourth-order valence-corrected chi connectivity index (χ4v) is 2.98. The van der Waals surface area contributed by atoms with Crippen molar-refractivity contribution in [3.8, 4) is 0 Å². The normalized spacial score (nSPS) is 18.4. The molecule has 1 aliphatic rings. The van der Waals surface area contributed by atoms with Crippen LogP contribution in [0.4, 0.5) is 0 Å². The average Bonchev–Trinajstić information content (AvgIpc) is 3.22. The highest BCUT2D eigenvalue weighted by atomic mass is 15.3. The Morgan fingerprint density at radius 3 is 2.87 bits per heavy atom. The lowest BCUT2D eigenvalue weighted by Gasteiger charge is -2.21. The van der Waals surface area contributed by atoms with Crippen LogP contribution in [0.25, 0.3) is 0 Å². The van der Waals surface area contributed by atoms with Crippen molar-refractivity contribution < 1.29 is 0 Å². The standard InChI is InChI=1S/C17H24N6/c1-3-18-17(19-11-16-20-13-21-22(16)2)23-10-9-15(12-23)14-7-5-4-6-8-14/h4-8,13,15H,3,9-12H2,1-2H3,(H,18,19). The molecule has 23 heavy (non-hydrogen) atoms. The zero-order chi connectivity index (χ0) is 16.1. The summed E-state index contributed by atoms with van der Waals surface area (Å²) in [4.78, 5) is 11.3. The molecular formula is C17H24N6. The minimum Gasteiger partial charge on any atom is -0.357 e. The van der Waals surface area contributed by atoms with Crippen molar-refractivity contribution in [1.29, 1.82) is 0 Å². The number of rotatable bonds is 4. The summed E-state index contributed by atoms with van der Waals surface area (Å²) in [6, 6.07) is 10.7. The average molecular weight is 312 g/mol. The number of nitrogens with zero attached hydrogens (tertiary/aromatic N) is 5. The van der Waals surface area contributed by atoms with Crippen LogP contribution in [-0.2, 0) is 13.6 Å². The molecule has 0 amide bonds. The molecule has 1 aliphatic heterocycles. The van der Waals surface area contributed by atoms with E-state index in [4.69, 9.17) is 4.99 Å². The van der Waals surface area contributed by atoms with E-state index >= 15 is 0 Å². The Labute approximate surface area is 137 Å². The molecule has 1 aromatic heterocycles. The monoisotopic (exact) mass is 312 g/mol. The zero-order valence-electron chi connectivity index (χ0n) is 13.8. The SMILES string of the molecule is CCNC(=NCc1ncnn1C)N1CCC(c2ccccc2)C1. The van der Waals surface area contributed by atoms with Gasteiger partial charge in [-0.1, -0.05) is 30.3 Å². The molecular weight excluding hydrogens is 288 g/mol. The molecule has 1 N–H and O–H groups in total. The number of likely N-dealkylation sites (tertiary alicyclic amines) is 1. The predicted molar refractivity (Wildman–Crippen MR) is 91.2 cm³/mol. The number of aromatic nitrogens is 3. The second kappa shape index (κ2) is 7.26. The fourth-order valence-electron chi connectivity index (χ4n) is 2.98. The van der Waals surface area contributed by atoms with Crippen molar-refractivity contribution in [2.45, 2.75) is 25.8 Å². The van der Waals surface area contributed by atoms with Crippen LogP contribution in [0.3, 0.4) is 0 Å². The molecule has 122 valence electrons. The van der Waals surface area contributed by atoms with Crippen molar-refractivity contribution in [2.24, 2.45) is 12.0 Å². The van der Waals surface area contributed by atoms with Gasteiger partial charge in [-0.3, -0.25) is 4.68 Å². The van der Waals surface area contributed by atoms with Gasteiger partial charge >= 0.3 is 0 Å². The summed E-state index contributed by atoms with van der Waals surface area (Å²) in [6.07, 6.45) is 2.73. The molecule has 6 heteroatoms. The summed E-state index contributed by atoms with van der Waals surface area (Å²) in [6.45, 7) is 5.55. The maximum Gasteiger partial charge on any atom is 0.194 e. The summed E-state index contributed by atoms with van der Waals surface area (Å²) < 4.78 is 1.77.